The molecule has 1 aliphatic rings. The van der Waals surface area contributed by atoms with Gasteiger partial charge in [0.25, 0.3) is 11.7 Å². The van der Waals surface area contributed by atoms with E-state index >= 15 is 0 Å². The molecule has 1 N–H and O–H groups in total. The van der Waals surface area contributed by atoms with Gasteiger partial charge in [0.2, 0.25) is 0 Å². The van der Waals surface area contributed by atoms with E-state index in [-0.39, 0.29) is 30.6 Å². The van der Waals surface area contributed by atoms with Crippen LogP contribution in [0.15, 0.2) is 48.0 Å². The van der Waals surface area contributed by atoms with Gasteiger partial charge in [-0.3, -0.25) is 9.59 Å². The fraction of sp³-hybridized carbons (Fsp3) is 0.360. The van der Waals surface area contributed by atoms with Crippen LogP contribution in [0, 0.1) is 0 Å². The Kier molecular flexibility index (Phi) is 8.00. The maximum absolute atomic E-state index is 13.1. The number of hydrogen-bond donors (Lipinski definition) is 1. The molecule has 1 saturated heterocycles. The van der Waals surface area contributed by atoms with Crippen molar-refractivity contribution in [1.82, 2.24) is 4.90 Å². The van der Waals surface area contributed by atoms with E-state index in [0.29, 0.717) is 34.3 Å². The summed E-state index contributed by atoms with van der Waals surface area (Å²) in [5.41, 5.74) is 0.992. The van der Waals surface area contributed by atoms with Crippen LogP contribution in [0.25, 0.3) is 5.76 Å². The Hall–Kier alpha value is -3.03. The minimum absolute atomic E-state index is 0.00178. The lowest BCUT2D eigenvalue weighted by Crippen LogP contribution is -2.33. The van der Waals surface area contributed by atoms with E-state index in [1.165, 1.54) is 18.1 Å². The molecule has 8 heteroatoms. The normalized spacial score (nSPS) is 17.6. The number of carbonyl (C=O) groups is 2. The Morgan fingerprint density at radius 1 is 1.15 bits per heavy atom. The largest absolute Gasteiger partial charge is 0.507 e. The summed E-state index contributed by atoms with van der Waals surface area (Å²) in [4.78, 5) is 27.5. The summed E-state index contributed by atoms with van der Waals surface area (Å²) in [6, 6.07) is 11.0. The molecule has 1 amide bonds. The topological polar surface area (TPSA) is 85.3 Å². The fourth-order valence-electron chi connectivity index (χ4n) is 3.72. The van der Waals surface area contributed by atoms with Crippen LogP contribution >= 0.6 is 11.6 Å². The first-order valence-corrected chi connectivity index (χ1v) is 11.1. The van der Waals surface area contributed by atoms with Crippen molar-refractivity contribution in [2.45, 2.75) is 32.9 Å². The van der Waals surface area contributed by atoms with E-state index in [9.17, 15) is 14.7 Å². The second-order valence-electron chi connectivity index (χ2n) is 7.76. The summed E-state index contributed by atoms with van der Waals surface area (Å²) in [6.07, 6.45) is -0.0210. The van der Waals surface area contributed by atoms with E-state index in [4.69, 9.17) is 25.8 Å². The molecule has 1 fully saturated rings. The van der Waals surface area contributed by atoms with Gasteiger partial charge in [0.1, 0.15) is 17.3 Å². The van der Waals surface area contributed by atoms with Crippen LogP contribution in [0.5, 0.6) is 11.5 Å². The average Bonchev–Trinajstić information content (AvgIpc) is 3.04. The second kappa shape index (κ2) is 10.7. The molecule has 2 aromatic carbocycles. The summed E-state index contributed by atoms with van der Waals surface area (Å²) in [5.74, 6) is -0.732. The van der Waals surface area contributed by atoms with Crippen molar-refractivity contribution in [3.8, 4) is 11.5 Å². The first-order chi connectivity index (χ1) is 15.8. The number of methoxy groups -OCH3 is 1. The Bertz CT molecular complexity index is 1050. The van der Waals surface area contributed by atoms with E-state index in [1.807, 2.05) is 20.8 Å². The molecule has 176 valence electrons. The van der Waals surface area contributed by atoms with Crippen molar-refractivity contribution in [2.75, 3.05) is 26.9 Å². The third-order valence-electron chi connectivity index (χ3n) is 5.25. The Morgan fingerprint density at radius 2 is 1.85 bits per heavy atom. The number of ether oxygens (including phenoxy) is 3. The first-order valence-electron chi connectivity index (χ1n) is 10.7. The predicted octanol–water partition coefficient (Wildman–Crippen LogP) is 4.59. The van der Waals surface area contributed by atoms with Crippen molar-refractivity contribution in [2.24, 2.45) is 0 Å². The predicted molar refractivity (Wildman–Crippen MR) is 126 cm³/mol. The van der Waals surface area contributed by atoms with Gasteiger partial charge >= 0.3 is 0 Å². The quantitative estimate of drug-likeness (QED) is 0.325. The molecule has 1 atom stereocenters. The van der Waals surface area contributed by atoms with E-state index in [2.05, 4.69) is 0 Å². The lowest BCUT2D eigenvalue weighted by Gasteiger charge is -2.26. The number of amides is 1. The van der Waals surface area contributed by atoms with Crippen LogP contribution in [-0.4, -0.2) is 54.7 Å². The first kappa shape index (κ1) is 24.6. The van der Waals surface area contributed by atoms with Crippen LogP contribution < -0.4 is 9.47 Å². The van der Waals surface area contributed by atoms with Gasteiger partial charge in [0.05, 0.1) is 43.1 Å². The van der Waals surface area contributed by atoms with Gasteiger partial charge in [-0.25, -0.2) is 0 Å². The van der Waals surface area contributed by atoms with E-state index in [0.717, 1.165) is 0 Å². The summed E-state index contributed by atoms with van der Waals surface area (Å²) in [6.45, 7) is 6.65. The van der Waals surface area contributed by atoms with E-state index < -0.39 is 17.7 Å². The van der Waals surface area contributed by atoms with Gasteiger partial charge in [0.15, 0.2) is 0 Å². The van der Waals surface area contributed by atoms with Crippen molar-refractivity contribution < 1.29 is 28.9 Å². The molecule has 3 rings (SSSR count). The number of aliphatic hydroxyl groups is 1. The highest BCUT2D eigenvalue weighted by atomic mass is 35.5. The third-order valence-corrected chi connectivity index (χ3v) is 5.57. The number of ketones is 1. The second-order valence-corrected chi connectivity index (χ2v) is 8.17. The average molecular weight is 474 g/mol. The molecule has 33 heavy (non-hydrogen) atoms. The molecule has 0 radical (unpaired) electrons. The SMILES string of the molecule is CCOc1ccc(C2/C(=C(/O)c3ccc(Cl)c(OC)c3)C(=O)C(=O)N2CCOC(C)C)cc1. The number of halogens is 1. The van der Waals surface area contributed by atoms with Crippen LogP contribution in [-0.2, 0) is 14.3 Å². The van der Waals surface area contributed by atoms with Gasteiger partial charge in [-0.2, -0.15) is 0 Å². The van der Waals surface area contributed by atoms with Gasteiger partial charge in [0, 0.05) is 12.1 Å². The van der Waals surface area contributed by atoms with Crippen molar-refractivity contribution >= 4 is 29.1 Å². The minimum atomic E-state index is -0.780. The zero-order chi connectivity index (χ0) is 24.1. The number of nitrogens with zero attached hydrogens (tertiary/aromatic N) is 1. The number of carbonyl (C=O) groups excluding carboxylic acids is 2. The van der Waals surface area contributed by atoms with Gasteiger partial charge in [-0.15, -0.1) is 0 Å². The van der Waals surface area contributed by atoms with Crippen molar-refractivity contribution in [1.29, 1.82) is 0 Å². The molecule has 1 unspecified atom stereocenters. The number of rotatable bonds is 9. The number of hydrogen-bond acceptors (Lipinski definition) is 6. The third kappa shape index (κ3) is 5.31. The summed E-state index contributed by atoms with van der Waals surface area (Å²) < 4.78 is 16.4. The van der Waals surface area contributed by atoms with Crippen LogP contribution in [0.4, 0.5) is 0 Å². The highest BCUT2D eigenvalue weighted by Crippen LogP contribution is 2.40. The van der Waals surface area contributed by atoms with Gasteiger partial charge in [-0.05, 0) is 56.7 Å². The Morgan fingerprint density at radius 3 is 2.45 bits per heavy atom. The van der Waals surface area contributed by atoms with Crippen LogP contribution in [0.3, 0.4) is 0 Å². The number of benzene rings is 2. The number of aliphatic hydroxyl groups excluding tert-OH is 1. The lowest BCUT2D eigenvalue weighted by atomic mass is 9.95. The fourth-order valence-corrected chi connectivity index (χ4v) is 3.91. The summed E-state index contributed by atoms with van der Waals surface area (Å²) in [7, 11) is 1.46. The minimum Gasteiger partial charge on any atom is -0.507 e. The summed E-state index contributed by atoms with van der Waals surface area (Å²) >= 11 is 6.11. The molecular formula is C25H28ClNO6. The van der Waals surface area contributed by atoms with Crippen LogP contribution in [0.2, 0.25) is 5.02 Å². The van der Waals surface area contributed by atoms with Gasteiger partial charge in [-0.1, -0.05) is 23.7 Å². The standard InChI is InChI=1S/C25H28ClNO6/c1-5-32-18-9-6-16(7-10-18)22-21(23(28)17-8-11-19(26)20(14-17)31-4)24(29)25(30)27(22)12-13-33-15(2)3/h6-11,14-15,22,28H,5,12-13H2,1-4H3/b23-21-. The monoisotopic (exact) mass is 473 g/mol. The molecule has 0 aliphatic carbocycles. The molecule has 7 nitrogen and oxygen atoms in total. The molecule has 2 aromatic rings. The lowest BCUT2D eigenvalue weighted by molar-refractivity contribution is -0.140. The van der Waals surface area contributed by atoms with Crippen molar-refractivity contribution in [3.63, 3.8) is 0 Å². The maximum atomic E-state index is 13.1. The molecule has 0 bridgehead atoms. The highest BCUT2D eigenvalue weighted by Gasteiger charge is 2.46. The zero-order valence-corrected chi connectivity index (χ0v) is 19.9. The van der Waals surface area contributed by atoms with Crippen LogP contribution in [0.1, 0.15) is 37.9 Å². The number of likely N-dealkylation sites (tertiary alicyclic amines) is 1. The molecular weight excluding hydrogens is 446 g/mol. The zero-order valence-electron chi connectivity index (χ0n) is 19.1. The summed E-state index contributed by atoms with van der Waals surface area (Å²) in [5, 5.41) is 11.5. The number of Topliss-reactive ketones (excluding diaryl/α,β-unsaturated/α-hetero) is 1. The van der Waals surface area contributed by atoms with E-state index in [1.54, 1.807) is 36.4 Å². The molecule has 1 aliphatic heterocycles. The Balaban J connectivity index is 2.09. The van der Waals surface area contributed by atoms with Gasteiger partial charge < -0.3 is 24.2 Å². The molecule has 0 aromatic heterocycles. The maximum Gasteiger partial charge on any atom is 0.295 e. The smallest absolute Gasteiger partial charge is 0.295 e. The highest BCUT2D eigenvalue weighted by molar-refractivity contribution is 6.46. The molecule has 1 heterocycles. The Labute approximate surface area is 198 Å². The van der Waals surface area contributed by atoms with Crippen molar-refractivity contribution in [3.05, 3.63) is 64.2 Å². The molecule has 0 saturated carbocycles. The molecule has 0 spiro atoms.